The molecule has 21 heavy (non-hydrogen) atoms. The molecular formula is C14H17F2O4P. The summed E-state index contributed by atoms with van der Waals surface area (Å²) in [6.45, 7) is -0.143. The van der Waals surface area contributed by atoms with Gasteiger partial charge in [-0.3, -0.25) is 0 Å². The van der Waals surface area contributed by atoms with Crippen molar-refractivity contribution in [2.45, 2.75) is 0 Å². The van der Waals surface area contributed by atoms with Crippen molar-refractivity contribution in [3.05, 3.63) is 0 Å². The topological polar surface area (TPSA) is 36.9 Å². The number of ether oxygens (including phenoxy) is 3. The molecule has 0 atom stereocenters. The highest BCUT2D eigenvalue weighted by molar-refractivity contribution is 7.40. The smallest absolute Gasteiger partial charge is 0.368 e. The molecule has 116 valence electrons. The van der Waals surface area contributed by atoms with Crippen LogP contribution in [0.1, 0.15) is 0 Å². The van der Waals surface area contributed by atoms with Crippen LogP contribution in [0, 0.1) is 42.4 Å². The Labute approximate surface area is 125 Å². The summed E-state index contributed by atoms with van der Waals surface area (Å²) < 4.78 is 44.8. The Kier molecular flexibility index (Phi) is 11.8. The Balaban J connectivity index is 4.74. The molecule has 7 heteroatoms. The van der Waals surface area contributed by atoms with E-state index in [0.717, 1.165) is 0 Å². The maximum atomic E-state index is 12.4. The van der Waals surface area contributed by atoms with Crippen molar-refractivity contribution in [3.63, 3.8) is 0 Å². The molecule has 0 amide bonds. The lowest BCUT2D eigenvalue weighted by Gasteiger charge is -2.31. The summed E-state index contributed by atoms with van der Waals surface area (Å²) in [5.41, 5.74) is -0.955. The van der Waals surface area contributed by atoms with E-state index in [1.54, 1.807) is 0 Å². The van der Waals surface area contributed by atoms with Gasteiger partial charge in [-0.15, -0.1) is 19.3 Å². The van der Waals surface area contributed by atoms with Gasteiger partial charge in [0, 0.05) is 0 Å². The van der Waals surface area contributed by atoms with Crippen molar-refractivity contribution < 1.29 is 27.1 Å². The minimum atomic E-state index is -3.51. The van der Waals surface area contributed by atoms with Crippen molar-refractivity contribution in [1.82, 2.24) is 0 Å². The molecule has 0 aromatic carbocycles. The van der Waals surface area contributed by atoms with E-state index in [-0.39, 0.29) is 46.2 Å². The number of rotatable bonds is 12. The van der Waals surface area contributed by atoms with Crippen LogP contribution < -0.4 is 0 Å². The van der Waals surface area contributed by atoms with E-state index in [0.29, 0.717) is 0 Å². The van der Waals surface area contributed by atoms with Crippen molar-refractivity contribution >= 4 is 8.77 Å². The molecule has 0 N–H and O–H groups in total. The lowest BCUT2D eigenvalue weighted by Crippen LogP contribution is -2.41. The summed E-state index contributed by atoms with van der Waals surface area (Å²) in [6, 6.07) is 0. The lowest BCUT2D eigenvalue weighted by atomic mass is 9.92. The second kappa shape index (κ2) is 12.5. The van der Waals surface area contributed by atoms with E-state index in [2.05, 4.69) is 22.3 Å². The highest BCUT2D eigenvalue weighted by Crippen LogP contribution is 2.41. The Morgan fingerprint density at radius 3 is 1.43 bits per heavy atom. The number of terminal acetylenes is 3. The molecule has 0 aliphatic carbocycles. The zero-order chi connectivity index (χ0) is 16.0. The van der Waals surface area contributed by atoms with E-state index >= 15 is 0 Å². The average Bonchev–Trinajstić information content (AvgIpc) is 2.46. The third-order valence-corrected chi connectivity index (χ3v) is 2.57. The summed E-state index contributed by atoms with van der Waals surface area (Å²) >= 11 is 0. The predicted molar refractivity (Wildman–Crippen MR) is 76.5 cm³/mol. The number of hydrogen-bond acceptors (Lipinski definition) is 4. The van der Waals surface area contributed by atoms with Crippen LogP contribution in [0.25, 0.3) is 0 Å². The second-order valence-electron chi connectivity index (χ2n) is 4.07. The fourth-order valence-corrected chi connectivity index (χ4v) is 1.79. The standard InChI is InChI=1S/C14H17F2O4P/c1-4-7-17-10-14(11-18-8-5-2,12-19-9-6-3)13-20-21(15)16/h1-3H,7-13H2. The third-order valence-electron chi connectivity index (χ3n) is 2.25. The van der Waals surface area contributed by atoms with Gasteiger partial charge in [0.15, 0.2) is 0 Å². The van der Waals surface area contributed by atoms with Crippen LogP contribution in [0.15, 0.2) is 0 Å². The summed E-state index contributed by atoms with van der Waals surface area (Å²) in [4.78, 5) is 0. The lowest BCUT2D eigenvalue weighted by molar-refractivity contribution is -0.0752. The van der Waals surface area contributed by atoms with Crippen molar-refractivity contribution in [1.29, 1.82) is 0 Å². The minimum absolute atomic E-state index is 0.0233. The van der Waals surface area contributed by atoms with Crippen molar-refractivity contribution in [3.8, 4) is 37.0 Å². The van der Waals surface area contributed by atoms with Crippen LogP contribution in [0.5, 0.6) is 0 Å². The molecule has 0 radical (unpaired) electrons. The van der Waals surface area contributed by atoms with Crippen LogP contribution in [0.4, 0.5) is 8.39 Å². The van der Waals surface area contributed by atoms with Crippen LogP contribution in [-0.2, 0) is 18.7 Å². The van der Waals surface area contributed by atoms with Crippen LogP contribution in [0.3, 0.4) is 0 Å². The van der Waals surface area contributed by atoms with E-state index in [1.807, 2.05) is 0 Å². The molecule has 0 fully saturated rings. The molecule has 0 saturated carbocycles. The maximum Gasteiger partial charge on any atom is 0.415 e. The minimum Gasteiger partial charge on any atom is -0.368 e. The molecule has 0 aromatic heterocycles. The molecule has 0 aliphatic heterocycles. The first-order chi connectivity index (χ1) is 10.1. The maximum absolute atomic E-state index is 12.4. The SMILES string of the molecule is C#CCOCC(COCC#C)(COCC#C)COP(F)F. The average molecular weight is 318 g/mol. The van der Waals surface area contributed by atoms with Crippen molar-refractivity contribution in [2.24, 2.45) is 5.41 Å². The van der Waals surface area contributed by atoms with Gasteiger partial charge in [0.2, 0.25) is 0 Å². The first-order valence-corrected chi connectivity index (χ1v) is 6.92. The summed E-state index contributed by atoms with van der Waals surface area (Å²) in [7, 11) is -3.51. The van der Waals surface area contributed by atoms with Crippen molar-refractivity contribution in [2.75, 3.05) is 46.2 Å². The fraction of sp³-hybridized carbons (Fsp3) is 0.571. The third kappa shape index (κ3) is 10.2. The number of halogens is 2. The van der Waals surface area contributed by atoms with E-state index < -0.39 is 14.2 Å². The molecule has 0 aromatic rings. The van der Waals surface area contributed by atoms with Gasteiger partial charge < -0.3 is 18.7 Å². The largest absolute Gasteiger partial charge is 0.415 e. The Morgan fingerprint density at radius 2 is 1.14 bits per heavy atom. The van der Waals surface area contributed by atoms with Gasteiger partial charge >= 0.3 is 8.77 Å². The van der Waals surface area contributed by atoms with E-state index in [9.17, 15) is 8.39 Å². The zero-order valence-electron chi connectivity index (χ0n) is 11.5. The number of hydrogen-bond donors (Lipinski definition) is 0. The van der Waals surface area contributed by atoms with E-state index in [1.165, 1.54) is 0 Å². The zero-order valence-corrected chi connectivity index (χ0v) is 12.4. The highest BCUT2D eigenvalue weighted by Gasteiger charge is 2.34. The second-order valence-corrected chi connectivity index (χ2v) is 4.73. The van der Waals surface area contributed by atoms with Gasteiger partial charge in [-0.1, -0.05) is 17.8 Å². The van der Waals surface area contributed by atoms with Gasteiger partial charge in [0.1, 0.15) is 19.8 Å². The molecule has 4 nitrogen and oxygen atoms in total. The first-order valence-electron chi connectivity index (χ1n) is 5.88. The molecular weight excluding hydrogens is 301 g/mol. The molecule has 0 saturated heterocycles. The molecule has 0 bridgehead atoms. The van der Waals surface area contributed by atoms with Crippen LogP contribution in [-0.4, -0.2) is 46.2 Å². The molecule has 0 unspecified atom stereocenters. The van der Waals surface area contributed by atoms with Gasteiger partial charge in [-0.05, 0) is 0 Å². The van der Waals surface area contributed by atoms with Gasteiger partial charge in [-0.25, -0.2) is 0 Å². The van der Waals surface area contributed by atoms with E-state index in [4.69, 9.17) is 33.5 Å². The molecule has 0 heterocycles. The molecule has 0 rings (SSSR count). The van der Waals surface area contributed by atoms with Crippen LogP contribution in [0.2, 0.25) is 0 Å². The molecule has 0 aliphatic rings. The van der Waals surface area contributed by atoms with Gasteiger partial charge in [0.05, 0.1) is 31.8 Å². The summed E-state index contributed by atoms with van der Waals surface area (Å²) in [5, 5.41) is 0. The fourth-order valence-electron chi connectivity index (χ4n) is 1.42. The molecule has 0 spiro atoms. The van der Waals surface area contributed by atoms with Gasteiger partial charge in [0.25, 0.3) is 0 Å². The summed E-state index contributed by atoms with van der Waals surface area (Å²) in [6.07, 6.45) is 15.3. The Morgan fingerprint density at radius 1 is 0.762 bits per heavy atom. The highest BCUT2D eigenvalue weighted by atomic mass is 31.2. The Bertz CT molecular complexity index is 345. The monoisotopic (exact) mass is 318 g/mol. The normalized spacial score (nSPS) is 10.9. The van der Waals surface area contributed by atoms with Gasteiger partial charge in [-0.2, -0.15) is 8.39 Å². The Hall–Kier alpha value is -1.19. The first kappa shape index (κ1) is 19.8. The predicted octanol–water partition coefficient (Wildman–Crippen LogP) is 2.10. The summed E-state index contributed by atoms with van der Waals surface area (Å²) in [5.74, 6) is 6.86. The van der Waals surface area contributed by atoms with Crippen LogP contribution >= 0.6 is 8.77 Å². The quantitative estimate of drug-likeness (QED) is 0.314.